The monoisotopic (exact) mass is 445 g/mol. The molecule has 3 rings (SSSR count). The summed E-state index contributed by atoms with van der Waals surface area (Å²) in [6.07, 6.45) is 4.53. The van der Waals surface area contributed by atoms with Gasteiger partial charge >= 0.3 is 0 Å². The highest BCUT2D eigenvalue weighted by Crippen LogP contribution is 2.28. The Morgan fingerprint density at radius 1 is 1.33 bits per heavy atom. The van der Waals surface area contributed by atoms with Gasteiger partial charge in [-0.15, -0.1) is 24.0 Å². The zero-order valence-corrected chi connectivity index (χ0v) is 16.6. The average Bonchev–Trinajstić information content (AvgIpc) is 2.94. The second-order valence-corrected chi connectivity index (χ2v) is 6.34. The number of aliphatic hydroxyl groups excluding tert-OH is 1. The van der Waals surface area contributed by atoms with E-state index in [1.54, 1.807) is 0 Å². The van der Waals surface area contributed by atoms with Gasteiger partial charge in [-0.2, -0.15) is 0 Å². The van der Waals surface area contributed by atoms with Crippen molar-refractivity contribution in [1.29, 1.82) is 0 Å². The fourth-order valence-corrected chi connectivity index (χ4v) is 2.94. The van der Waals surface area contributed by atoms with Crippen LogP contribution >= 0.6 is 24.0 Å². The van der Waals surface area contributed by atoms with Gasteiger partial charge in [0.2, 0.25) is 0 Å². The number of ether oxygens (including phenoxy) is 1. The number of aliphatic hydroxyl groups is 1. The molecule has 1 aliphatic carbocycles. The van der Waals surface area contributed by atoms with E-state index < -0.39 is 0 Å². The van der Waals surface area contributed by atoms with E-state index >= 15 is 0 Å². The zero-order chi connectivity index (χ0) is 16.1. The van der Waals surface area contributed by atoms with Crippen LogP contribution in [0.15, 0.2) is 29.3 Å². The molecule has 0 radical (unpaired) electrons. The Kier molecular flexibility index (Phi) is 7.61. The van der Waals surface area contributed by atoms with Gasteiger partial charge in [-0.05, 0) is 38.7 Å². The number of nitrogens with one attached hydrogen (secondary N) is 1. The Morgan fingerprint density at radius 3 is 2.75 bits per heavy atom. The second kappa shape index (κ2) is 9.46. The third-order valence-corrected chi connectivity index (χ3v) is 4.52. The van der Waals surface area contributed by atoms with Crippen molar-refractivity contribution in [3.63, 3.8) is 0 Å². The molecular weight excluding hydrogens is 417 g/mol. The summed E-state index contributed by atoms with van der Waals surface area (Å²) < 4.78 is 6.07. The molecule has 1 heterocycles. The number of rotatable bonds is 5. The Morgan fingerprint density at radius 2 is 2.12 bits per heavy atom. The van der Waals surface area contributed by atoms with Gasteiger partial charge in [0, 0.05) is 25.2 Å². The fraction of sp³-hybridized carbons (Fsp3) is 0.611. The van der Waals surface area contributed by atoms with Crippen LogP contribution in [0.3, 0.4) is 0 Å². The molecule has 134 valence electrons. The van der Waals surface area contributed by atoms with E-state index in [-0.39, 0.29) is 30.1 Å². The molecule has 1 saturated heterocycles. The lowest BCUT2D eigenvalue weighted by atomic mass is 9.96. The lowest BCUT2D eigenvalue weighted by Gasteiger charge is -2.27. The summed E-state index contributed by atoms with van der Waals surface area (Å²) in [5, 5.41) is 13.1. The summed E-state index contributed by atoms with van der Waals surface area (Å²) >= 11 is 0. The molecule has 0 bridgehead atoms. The van der Waals surface area contributed by atoms with Gasteiger partial charge in [0.1, 0.15) is 5.75 Å². The molecule has 0 amide bonds. The first-order valence-corrected chi connectivity index (χ1v) is 8.72. The summed E-state index contributed by atoms with van der Waals surface area (Å²) in [7, 11) is 0. The highest BCUT2D eigenvalue weighted by Gasteiger charge is 2.23. The molecule has 1 aromatic rings. The molecule has 0 aromatic heterocycles. The highest BCUT2D eigenvalue weighted by atomic mass is 127. The molecule has 1 atom stereocenters. The first-order valence-electron chi connectivity index (χ1n) is 8.72. The van der Waals surface area contributed by atoms with E-state index in [1.165, 1.54) is 6.42 Å². The molecule has 2 N–H and O–H groups in total. The van der Waals surface area contributed by atoms with Crippen LogP contribution < -0.4 is 10.1 Å². The summed E-state index contributed by atoms with van der Waals surface area (Å²) in [5.74, 6) is 1.83. The maximum absolute atomic E-state index is 9.73. The van der Waals surface area contributed by atoms with Crippen LogP contribution in [0, 0.1) is 0 Å². The van der Waals surface area contributed by atoms with E-state index in [9.17, 15) is 5.11 Å². The topological polar surface area (TPSA) is 57.1 Å². The van der Waals surface area contributed by atoms with Crippen LogP contribution in [0.5, 0.6) is 5.75 Å². The zero-order valence-electron chi connectivity index (χ0n) is 14.3. The number of aliphatic imine (C=N–C) groups is 1. The number of benzene rings is 1. The predicted molar refractivity (Wildman–Crippen MR) is 107 cm³/mol. The lowest BCUT2D eigenvalue weighted by Crippen LogP contribution is -2.40. The van der Waals surface area contributed by atoms with Crippen molar-refractivity contribution in [2.24, 2.45) is 4.99 Å². The van der Waals surface area contributed by atoms with Crippen LogP contribution in [-0.2, 0) is 6.54 Å². The molecule has 2 aliphatic rings. The van der Waals surface area contributed by atoms with Gasteiger partial charge in [-0.25, -0.2) is 4.99 Å². The fourth-order valence-electron chi connectivity index (χ4n) is 2.94. The largest absolute Gasteiger partial charge is 0.490 e. The number of halogens is 1. The van der Waals surface area contributed by atoms with E-state index in [2.05, 4.69) is 23.2 Å². The first-order chi connectivity index (χ1) is 11.3. The minimum absolute atomic E-state index is 0. The first kappa shape index (κ1) is 19.3. The molecule has 0 spiro atoms. The van der Waals surface area contributed by atoms with Crippen LogP contribution in [0.2, 0.25) is 0 Å². The van der Waals surface area contributed by atoms with Crippen molar-refractivity contribution in [2.75, 3.05) is 19.6 Å². The summed E-state index contributed by atoms with van der Waals surface area (Å²) in [6, 6.07) is 8.17. The van der Waals surface area contributed by atoms with Gasteiger partial charge in [0.15, 0.2) is 5.96 Å². The normalized spacial score (nSPS) is 21.2. The average molecular weight is 445 g/mol. The van der Waals surface area contributed by atoms with Gasteiger partial charge in [0.05, 0.1) is 18.8 Å². The van der Waals surface area contributed by atoms with E-state index in [0.29, 0.717) is 19.2 Å². The van der Waals surface area contributed by atoms with Crippen LogP contribution in [-0.4, -0.2) is 47.8 Å². The van der Waals surface area contributed by atoms with Gasteiger partial charge in [-0.3, -0.25) is 0 Å². The third kappa shape index (κ3) is 4.99. The van der Waals surface area contributed by atoms with Crippen molar-refractivity contribution in [2.45, 2.75) is 51.4 Å². The minimum atomic E-state index is -0.243. The van der Waals surface area contributed by atoms with Gasteiger partial charge < -0.3 is 20.1 Å². The molecule has 1 aromatic carbocycles. The number of β-amino-alcohol motifs (C(OH)–C–C–N with tert-alkyl or cyclic N) is 1. The molecule has 1 saturated carbocycles. The third-order valence-electron chi connectivity index (χ3n) is 4.52. The maximum Gasteiger partial charge on any atom is 0.194 e. The van der Waals surface area contributed by atoms with Crippen molar-refractivity contribution in [3.8, 4) is 5.75 Å². The molecule has 1 aliphatic heterocycles. The summed E-state index contributed by atoms with van der Waals surface area (Å²) in [6.45, 7) is 5.00. The van der Waals surface area contributed by atoms with E-state index in [1.807, 2.05) is 18.2 Å². The summed E-state index contributed by atoms with van der Waals surface area (Å²) in [4.78, 5) is 6.88. The van der Waals surface area contributed by atoms with Gasteiger partial charge in [-0.1, -0.05) is 18.2 Å². The van der Waals surface area contributed by atoms with Crippen LogP contribution in [0.1, 0.15) is 38.2 Å². The maximum atomic E-state index is 9.73. The van der Waals surface area contributed by atoms with E-state index in [4.69, 9.17) is 9.73 Å². The van der Waals surface area contributed by atoms with Crippen molar-refractivity contribution < 1.29 is 9.84 Å². The number of guanidine groups is 1. The summed E-state index contributed by atoms with van der Waals surface area (Å²) in [5.41, 5.74) is 1.12. The molecule has 6 heteroatoms. The van der Waals surface area contributed by atoms with Crippen molar-refractivity contribution >= 4 is 29.9 Å². The quantitative estimate of drug-likeness (QED) is 0.416. The highest BCUT2D eigenvalue weighted by molar-refractivity contribution is 14.0. The standard InChI is InChI=1S/C18H27N3O2.HI/c1-2-19-18(21-11-10-15(22)13-21)20-12-14-6-3-4-9-17(14)23-16-7-5-8-16;/h3-4,6,9,15-16,22H,2,5,7-8,10-13H2,1H3,(H,19,20);1H/t15-;/m1./s1. The molecule has 5 nitrogen and oxygen atoms in total. The molecule has 24 heavy (non-hydrogen) atoms. The molecule has 2 fully saturated rings. The Labute approximate surface area is 161 Å². The van der Waals surface area contributed by atoms with Gasteiger partial charge in [0.25, 0.3) is 0 Å². The van der Waals surface area contributed by atoms with Crippen LogP contribution in [0.25, 0.3) is 0 Å². The lowest BCUT2D eigenvalue weighted by molar-refractivity contribution is 0.119. The number of hydrogen-bond donors (Lipinski definition) is 2. The Balaban J connectivity index is 0.00000208. The Bertz CT molecular complexity index is 549. The number of likely N-dealkylation sites (tertiary alicyclic amines) is 1. The minimum Gasteiger partial charge on any atom is -0.490 e. The molecular formula is C18H28IN3O2. The van der Waals surface area contributed by atoms with Crippen molar-refractivity contribution in [1.82, 2.24) is 10.2 Å². The predicted octanol–water partition coefficient (Wildman–Crippen LogP) is 2.77. The SMILES string of the molecule is CCNC(=NCc1ccccc1OC1CCC1)N1CC[C@@H](O)C1.I. The van der Waals surface area contributed by atoms with E-state index in [0.717, 1.165) is 49.6 Å². The number of para-hydroxylation sites is 1. The smallest absolute Gasteiger partial charge is 0.194 e. The van der Waals surface area contributed by atoms with Crippen LogP contribution in [0.4, 0.5) is 0 Å². The Hall–Kier alpha value is -1.02. The van der Waals surface area contributed by atoms with Crippen molar-refractivity contribution in [3.05, 3.63) is 29.8 Å². The number of nitrogens with zero attached hydrogens (tertiary/aromatic N) is 2. The molecule has 0 unspecified atom stereocenters. The second-order valence-electron chi connectivity index (χ2n) is 6.34. The number of hydrogen-bond acceptors (Lipinski definition) is 3.